The molecule has 0 saturated carbocycles. The van der Waals surface area contributed by atoms with Gasteiger partial charge in [0.25, 0.3) is 0 Å². The zero-order valence-corrected chi connectivity index (χ0v) is 15.8. The van der Waals surface area contributed by atoms with Crippen molar-refractivity contribution in [1.82, 2.24) is 4.90 Å². The van der Waals surface area contributed by atoms with Crippen molar-refractivity contribution in [1.29, 1.82) is 0 Å². The number of hydrogen-bond donors (Lipinski definition) is 1. The molecule has 0 spiro atoms. The first-order valence-corrected chi connectivity index (χ1v) is 9.56. The van der Waals surface area contributed by atoms with Crippen molar-refractivity contribution in [2.45, 2.75) is 18.9 Å². The first-order valence-electron chi connectivity index (χ1n) is 7.95. The van der Waals surface area contributed by atoms with Crippen LogP contribution in [0.2, 0.25) is 0 Å². The molecule has 1 aromatic carbocycles. The monoisotopic (exact) mass is 409 g/mol. The molecule has 2 atom stereocenters. The highest BCUT2D eigenvalue weighted by atomic mass is 79.9. The molecule has 0 bridgehead atoms. The number of thiophene rings is 1. The van der Waals surface area contributed by atoms with Crippen LogP contribution >= 0.6 is 27.3 Å². The van der Waals surface area contributed by atoms with E-state index in [0.717, 1.165) is 34.5 Å². The molecule has 128 valence electrons. The standard InChI is InChI=1S/C18H20BrNO3S/c1-23-14-7-3-2-6-13(14)17(15-8-9-16(19)24-15)20-10-4-5-12(11-20)18(21)22/h2-3,6-9,12,17H,4-5,10-11H2,1H3,(H,21,22). The number of halogens is 1. The van der Waals surface area contributed by atoms with E-state index in [4.69, 9.17) is 4.74 Å². The third-order valence-electron chi connectivity index (χ3n) is 4.46. The number of carbonyl (C=O) groups is 1. The van der Waals surface area contributed by atoms with E-state index in [1.165, 1.54) is 4.88 Å². The van der Waals surface area contributed by atoms with Gasteiger partial charge >= 0.3 is 5.97 Å². The van der Waals surface area contributed by atoms with Crippen LogP contribution in [-0.2, 0) is 4.79 Å². The van der Waals surface area contributed by atoms with Crippen LogP contribution in [0, 0.1) is 5.92 Å². The summed E-state index contributed by atoms with van der Waals surface area (Å²) < 4.78 is 6.64. The highest BCUT2D eigenvalue weighted by Gasteiger charge is 2.33. The fourth-order valence-corrected chi connectivity index (χ4v) is 4.92. The third kappa shape index (κ3) is 3.66. The summed E-state index contributed by atoms with van der Waals surface area (Å²) in [6.07, 6.45) is 1.65. The van der Waals surface area contributed by atoms with Gasteiger partial charge in [-0.3, -0.25) is 9.69 Å². The molecule has 1 aliphatic rings. The smallest absolute Gasteiger partial charge is 0.307 e. The summed E-state index contributed by atoms with van der Waals surface area (Å²) in [7, 11) is 1.68. The molecule has 1 aromatic heterocycles. The normalized spacial score (nSPS) is 19.8. The number of carboxylic acid groups (broad SMARTS) is 1. The lowest BCUT2D eigenvalue weighted by Gasteiger charge is -2.37. The molecule has 2 heterocycles. The van der Waals surface area contributed by atoms with Crippen molar-refractivity contribution in [3.8, 4) is 5.75 Å². The van der Waals surface area contributed by atoms with Gasteiger partial charge in [0.05, 0.1) is 22.9 Å². The van der Waals surface area contributed by atoms with Crippen LogP contribution in [-0.4, -0.2) is 36.2 Å². The molecule has 0 radical (unpaired) electrons. The van der Waals surface area contributed by atoms with Gasteiger partial charge in [-0.1, -0.05) is 18.2 Å². The number of ether oxygens (including phenoxy) is 1. The van der Waals surface area contributed by atoms with Gasteiger partial charge in [0, 0.05) is 17.0 Å². The van der Waals surface area contributed by atoms with E-state index < -0.39 is 5.97 Å². The first-order chi connectivity index (χ1) is 11.6. The fourth-order valence-electron chi connectivity index (χ4n) is 3.34. The Morgan fingerprint density at radius 2 is 2.17 bits per heavy atom. The van der Waals surface area contributed by atoms with Crippen molar-refractivity contribution in [2.75, 3.05) is 20.2 Å². The molecule has 0 aliphatic carbocycles. The van der Waals surface area contributed by atoms with E-state index in [1.807, 2.05) is 24.3 Å². The van der Waals surface area contributed by atoms with Gasteiger partial charge in [-0.2, -0.15) is 0 Å². The van der Waals surface area contributed by atoms with E-state index in [-0.39, 0.29) is 12.0 Å². The number of likely N-dealkylation sites (tertiary alicyclic amines) is 1. The minimum Gasteiger partial charge on any atom is -0.496 e. The lowest BCUT2D eigenvalue weighted by Crippen LogP contribution is -2.41. The van der Waals surface area contributed by atoms with Crippen molar-refractivity contribution < 1.29 is 14.6 Å². The Hall–Kier alpha value is -1.37. The van der Waals surface area contributed by atoms with Gasteiger partial charge in [-0.05, 0) is 53.5 Å². The minimum absolute atomic E-state index is 0.0135. The Kier molecular flexibility index (Phi) is 5.58. The number of hydrogen-bond acceptors (Lipinski definition) is 4. The van der Waals surface area contributed by atoms with Crippen LogP contribution in [0.5, 0.6) is 5.75 Å². The summed E-state index contributed by atoms with van der Waals surface area (Å²) >= 11 is 5.23. The van der Waals surface area contributed by atoms with Gasteiger partial charge in [0.1, 0.15) is 5.75 Å². The average Bonchev–Trinajstić information content (AvgIpc) is 3.02. The van der Waals surface area contributed by atoms with E-state index in [2.05, 4.69) is 33.0 Å². The molecule has 1 fully saturated rings. The van der Waals surface area contributed by atoms with E-state index in [1.54, 1.807) is 18.4 Å². The Labute approximate surface area is 154 Å². The van der Waals surface area contributed by atoms with Gasteiger partial charge < -0.3 is 9.84 Å². The summed E-state index contributed by atoms with van der Waals surface area (Å²) in [5, 5.41) is 9.43. The van der Waals surface area contributed by atoms with Gasteiger partial charge in [0.15, 0.2) is 0 Å². The zero-order chi connectivity index (χ0) is 17.1. The van der Waals surface area contributed by atoms with E-state index >= 15 is 0 Å². The molecule has 3 rings (SSSR count). The summed E-state index contributed by atoms with van der Waals surface area (Å²) in [6.45, 7) is 1.45. The predicted octanol–water partition coefficient (Wildman–Crippen LogP) is 4.41. The summed E-state index contributed by atoms with van der Waals surface area (Å²) in [4.78, 5) is 14.9. The van der Waals surface area contributed by atoms with Gasteiger partial charge in [-0.15, -0.1) is 11.3 Å². The second kappa shape index (κ2) is 7.68. The number of piperidine rings is 1. The lowest BCUT2D eigenvalue weighted by molar-refractivity contribution is -0.143. The maximum absolute atomic E-state index is 11.5. The SMILES string of the molecule is COc1ccccc1C(c1ccc(Br)s1)N1CCCC(C(=O)O)C1. The van der Waals surface area contributed by atoms with Crippen LogP contribution in [0.25, 0.3) is 0 Å². The molecule has 1 aliphatic heterocycles. The number of carboxylic acids is 1. The van der Waals surface area contributed by atoms with Crippen molar-refractivity contribution in [3.63, 3.8) is 0 Å². The number of aliphatic carboxylic acids is 1. The Balaban J connectivity index is 2.01. The molecule has 1 saturated heterocycles. The number of para-hydroxylation sites is 1. The number of benzene rings is 1. The van der Waals surface area contributed by atoms with Gasteiger partial charge in [-0.25, -0.2) is 0 Å². The maximum Gasteiger partial charge on any atom is 0.307 e. The summed E-state index contributed by atoms with van der Waals surface area (Å²) in [6, 6.07) is 12.2. The molecule has 6 heteroatoms. The van der Waals surface area contributed by atoms with Gasteiger partial charge in [0.2, 0.25) is 0 Å². The Bertz CT molecular complexity index is 718. The topological polar surface area (TPSA) is 49.8 Å². The molecule has 2 unspecified atom stereocenters. The van der Waals surface area contributed by atoms with E-state index in [9.17, 15) is 9.90 Å². The zero-order valence-electron chi connectivity index (χ0n) is 13.4. The molecule has 4 nitrogen and oxygen atoms in total. The molecular weight excluding hydrogens is 390 g/mol. The molecular formula is C18H20BrNO3S. The van der Waals surface area contributed by atoms with E-state index in [0.29, 0.717) is 6.54 Å². The summed E-state index contributed by atoms with van der Waals surface area (Å²) in [5.41, 5.74) is 1.08. The van der Waals surface area contributed by atoms with Crippen LogP contribution in [0.4, 0.5) is 0 Å². The van der Waals surface area contributed by atoms with Crippen LogP contribution < -0.4 is 4.74 Å². The Morgan fingerprint density at radius 1 is 1.38 bits per heavy atom. The minimum atomic E-state index is -0.703. The number of rotatable bonds is 5. The molecule has 1 N–H and O–H groups in total. The van der Waals surface area contributed by atoms with Crippen LogP contribution in [0.3, 0.4) is 0 Å². The highest BCUT2D eigenvalue weighted by molar-refractivity contribution is 9.11. The maximum atomic E-state index is 11.5. The number of methoxy groups -OCH3 is 1. The highest BCUT2D eigenvalue weighted by Crippen LogP contribution is 2.40. The van der Waals surface area contributed by atoms with Crippen LogP contribution in [0.15, 0.2) is 40.2 Å². The quantitative estimate of drug-likeness (QED) is 0.794. The average molecular weight is 410 g/mol. The number of nitrogens with zero attached hydrogens (tertiary/aromatic N) is 1. The Morgan fingerprint density at radius 3 is 2.83 bits per heavy atom. The molecule has 24 heavy (non-hydrogen) atoms. The van der Waals surface area contributed by atoms with Crippen molar-refractivity contribution >= 4 is 33.2 Å². The predicted molar refractivity (Wildman–Crippen MR) is 98.8 cm³/mol. The third-order valence-corrected chi connectivity index (χ3v) is 6.14. The summed E-state index contributed by atoms with van der Waals surface area (Å²) in [5.74, 6) is -0.172. The van der Waals surface area contributed by atoms with Crippen molar-refractivity contribution in [2.24, 2.45) is 5.92 Å². The lowest BCUT2D eigenvalue weighted by atomic mass is 9.94. The van der Waals surface area contributed by atoms with Crippen molar-refractivity contribution in [3.05, 3.63) is 50.6 Å². The first kappa shape index (κ1) is 17.5. The largest absolute Gasteiger partial charge is 0.496 e. The second-order valence-corrected chi connectivity index (χ2v) is 8.45. The molecule has 2 aromatic rings. The molecule has 0 amide bonds. The fraction of sp³-hybridized carbons (Fsp3) is 0.389. The van der Waals surface area contributed by atoms with Crippen LogP contribution in [0.1, 0.15) is 29.3 Å². The second-order valence-electron chi connectivity index (χ2n) is 5.96.